The number of amides is 1. The van der Waals surface area contributed by atoms with Gasteiger partial charge in [0.1, 0.15) is 0 Å². The number of carbonyl (C=O) groups excluding carboxylic acids is 1. The average molecular weight is 426 g/mol. The van der Waals surface area contributed by atoms with Crippen LogP contribution < -0.4 is 10.6 Å². The summed E-state index contributed by atoms with van der Waals surface area (Å²) in [6, 6.07) is 6.26. The molecule has 0 radical (unpaired) electrons. The van der Waals surface area contributed by atoms with Crippen molar-refractivity contribution in [2.24, 2.45) is 0 Å². The van der Waals surface area contributed by atoms with Crippen molar-refractivity contribution in [2.75, 3.05) is 26.2 Å². The van der Waals surface area contributed by atoms with Crippen LogP contribution in [0.1, 0.15) is 23.0 Å². The van der Waals surface area contributed by atoms with Gasteiger partial charge in [0, 0.05) is 62.8 Å². The Labute approximate surface area is 171 Å². The number of piperazine rings is 1. The standard InChI is InChI=1S/C18H23N5O3S.ClH/c1-14-13-23(10-9-20-14)27(25,26)17-4-2-3-15(11-17)18(24)22-6-5-16-12-19-7-8-21-16;/h2-4,7-8,11-12,14,20H,5-6,9-10,13H2,1H3,(H,22,24);1H. The number of sulfonamides is 1. The molecule has 152 valence electrons. The molecule has 0 bridgehead atoms. The minimum Gasteiger partial charge on any atom is -0.352 e. The second-order valence-electron chi connectivity index (χ2n) is 6.45. The van der Waals surface area contributed by atoms with Gasteiger partial charge in [0.25, 0.3) is 5.91 Å². The largest absolute Gasteiger partial charge is 0.352 e. The number of benzene rings is 1. The molecule has 1 amide bonds. The molecule has 1 aromatic heterocycles. The van der Waals surface area contributed by atoms with Gasteiger partial charge in [0.05, 0.1) is 10.6 Å². The molecule has 0 spiro atoms. The highest BCUT2D eigenvalue weighted by molar-refractivity contribution is 7.89. The highest BCUT2D eigenvalue weighted by Crippen LogP contribution is 2.18. The number of aromatic nitrogens is 2. The summed E-state index contributed by atoms with van der Waals surface area (Å²) in [6.07, 6.45) is 5.39. The number of carbonyl (C=O) groups is 1. The summed E-state index contributed by atoms with van der Waals surface area (Å²) in [4.78, 5) is 20.6. The third kappa shape index (κ3) is 5.48. The van der Waals surface area contributed by atoms with Crippen molar-refractivity contribution in [1.82, 2.24) is 24.9 Å². The molecule has 28 heavy (non-hydrogen) atoms. The van der Waals surface area contributed by atoms with Crippen LogP contribution in [0.4, 0.5) is 0 Å². The Balaban J connectivity index is 0.00000280. The number of rotatable bonds is 6. The molecule has 1 aliphatic rings. The van der Waals surface area contributed by atoms with Crippen LogP contribution in [-0.2, 0) is 16.4 Å². The van der Waals surface area contributed by atoms with E-state index in [9.17, 15) is 13.2 Å². The maximum atomic E-state index is 12.9. The lowest BCUT2D eigenvalue weighted by Gasteiger charge is -2.31. The van der Waals surface area contributed by atoms with Gasteiger partial charge in [0.15, 0.2) is 0 Å². The number of hydrogen-bond acceptors (Lipinski definition) is 6. The van der Waals surface area contributed by atoms with Gasteiger partial charge in [-0.1, -0.05) is 6.07 Å². The molecule has 1 aliphatic heterocycles. The third-order valence-electron chi connectivity index (χ3n) is 4.35. The zero-order valence-electron chi connectivity index (χ0n) is 15.5. The summed E-state index contributed by atoms with van der Waals surface area (Å²) in [5.74, 6) is -0.315. The average Bonchev–Trinajstić information content (AvgIpc) is 2.69. The monoisotopic (exact) mass is 425 g/mol. The van der Waals surface area contributed by atoms with Crippen LogP contribution in [0, 0.1) is 0 Å². The van der Waals surface area contributed by atoms with E-state index in [1.807, 2.05) is 6.92 Å². The smallest absolute Gasteiger partial charge is 0.251 e. The van der Waals surface area contributed by atoms with E-state index in [-0.39, 0.29) is 29.3 Å². The van der Waals surface area contributed by atoms with Crippen molar-refractivity contribution in [2.45, 2.75) is 24.3 Å². The second kappa shape index (κ2) is 9.92. The summed E-state index contributed by atoms with van der Waals surface area (Å²) < 4.78 is 27.2. The normalized spacial score (nSPS) is 17.5. The highest BCUT2D eigenvalue weighted by Gasteiger charge is 2.28. The Hall–Kier alpha value is -2.07. The van der Waals surface area contributed by atoms with Crippen molar-refractivity contribution in [1.29, 1.82) is 0 Å². The minimum absolute atomic E-state index is 0. The lowest BCUT2D eigenvalue weighted by molar-refractivity contribution is 0.0954. The third-order valence-corrected chi connectivity index (χ3v) is 6.21. The van der Waals surface area contributed by atoms with Crippen LogP contribution in [0.2, 0.25) is 0 Å². The summed E-state index contributed by atoms with van der Waals surface area (Å²) in [5, 5.41) is 6.01. The lowest BCUT2D eigenvalue weighted by Crippen LogP contribution is -2.51. The summed E-state index contributed by atoms with van der Waals surface area (Å²) in [7, 11) is -3.62. The summed E-state index contributed by atoms with van der Waals surface area (Å²) in [6.45, 7) is 3.79. The fraction of sp³-hybridized carbons (Fsp3) is 0.389. The number of halogens is 1. The zero-order valence-corrected chi connectivity index (χ0v) is 17.2. The second-order valence-corrected chi connectivity index (χ2v) is 8.39. The molecule has 1 atom stereocenters. The molecule has 3 rings (SSSR count). The molecule has 0 aliphatic carbocycles. The molecule has 1 fully saturated rings. The topological polar surface area (TPSA) is 104 Å². The maximum Gasteiger partial charge on any atom is 0.251 e. The molecular weight excluding hydrogens is 402 g/mol. The maximum absolute atomic E-state index is 12.9. The first-order valence-corrected chi connectivity index (χ1v) is 10.3. The Kier molecular flexibility index (Phi) is 7.88. The number of nitrogens with one attached hydrogen (secondary N) is 2. The molecule has 1 unspecified atom stereocenters. The predicted molar refractivity (Wildman–Crippen MR) is 108 cm³/mol. The SMILES string of the molecule is CC1CN(S(=O)(=O)c2cccc(C(=O)NCCc3cnccn3)c2)CCN1.Cl. The Morgan fingerprint density at radius 3 is 2.89 bits per heavy atom. The van der Waals surface area contributed by atoms with E-state index in [0.717, 1.165) is 5.69 Å². The molecule has 0 saturated carbocycles. The van der Waals surface area contributed by atoms with E-state index in [2.05, 4.69) is 20.6 Å². The van der Waals surface area contributed by atoms with E-state index >= 15 is 0 Å². The Morgan fingerprint density at radius 2 is 2.18 bits per heavy atom. The predicted octanol–water partition coefficient (Wildman–Crippen LogP) is 0.853. The first kappa shape index (κ1) is 22.2. The van der Waals surface area contributed by atoms with Gasteiger partial charge >= 0.3 is 0 Å². The van der Waals surface area contributed by atoms with Crippen molar-refractivity contribution in [3.63, 3.8) is 0 Å². The lowest BCUT2D eigenvalue weighted by atomic mass is 10.2. The van der Waals surface area contributed by atoms with Crippen LogP contribution in [0.5, 0.6) is 0 Å². The van der Waals surface area contributed by atoms with Gasteiger partial charge < -0.3 is 10.6 Å². The molecule has 2 heterocycles. The molecule has 8 nitrogen and oxygen atoms in total. The quantitative estimate of drug-likeness (QED) is 0.711. The number of hydrogen-bond donors (Lipinski definition) is 2. The summed E-state index contributed by atoms with van der Waals surface area (Å²) >= 11 is 0. The van der Waals surface area contributed by atoms with Crippen molar-refractivity contribution in [3.05, 3.63) is 54.1 Å². The van der Waals surface area contributed by atoms with Crippen LogP contribution in [-0.4, -0.2) is 60.8 Å². The molecule has 1 aromatic carbocycles. The van der Waals surface area contributed by atoms with Crippen molar-refractivity contribution in [3.8, 4) is 0 Å². The minimum atomic E-state index is -3.62. The molecule has 2 N–H and O–H groups in total. The Morgan fingerprint density at radius 1 is 1.36 bits per heavy atom. The van der Waals surface area contributed by atoms with Gasteiger partial charge in [-0.3, -0.25) is 14.8 Å². The van der Waals surface area contributed by atoms with E-state index in [4.69, 9.17) is 0 Å². The van der Waals surface area contributed by atoms with E-state index in [1.165, 1.54) is 16.4 Å². The van der Waals surface area contributed by atoms with Crippen molar-refractivity contribution < 1.29 is 13.2 Å². The van der Waals surface area contributed by atoms with Gasteiger partial charge in [0.2, 0.25) is 10.0 Å². The first-order valence-electron chi connectivity index (χ1n) is 8.83. The Bertz CT molecular complexity index is 895. The summed E-state index contributed by atoms with van der Waals surface area (Å²) in [5.41, 5.74) is 1.10. The molecule has 10 heteroatoms. The van der Waals surface area contributed by atoms with Gasteiger partial charge in [-0.25, -0.2) is 8.42 Å². The van der Waals surface area contributed by atoms with E-state index in [1.54, 1.807) is 30.7 Å². The van der Waals surface area contributed by atoms with Crippen molar-refractivity contribution >= 4 is 28.3 Å². The van der Waals surface area contributed by atoms with Gasteiger partial charge in [-0.05, 0) is 25.1 Å². The zero-order chi connectivity index (χ0) is 19.3. The fourth-order valence-electron chi connectivity index (χ4n) is 2.93. The highest BCUT2D eigenvalue weighted by atomic mass is 35.5. The van der Waals surface area contributed by atoms with Gasteiger partial charge in [-0.15, -0.1) is 12.4 Å². The van der Waals surface area contributed by atoms with E-state index in [0.29, 0.717) is 38.2 Å². The molecule has 2 aromatic rings. The van der Waals surface area contributed by atoms with Crippen LogP contribution in [0.15, 0.2) is 47.8 Å². The van der Waals surface area contributed by atoms with Crippen LogP contribution >= 0.6 is 12.4 Å². The first-order chi connectivity index (χ1) is 13.0. The van der Waals surface area contributed by atoms with Gasteiger partial charge in [-0.2, -0.15) is 4.31 Å². The van der Waals surface area contributed by atoms with Crippen LogP contribution in [0.25, 0.3) is 0 Å². The van der Waals surface area contributed by atoms with E-state index < -0.39 is 10.0 Å². The molecular formula is C18H24ClN5O3S. The van der Waals surface area contributed by atoms with Crippen LogP contribution in [0.3, 0.4) is 0 Å². The molecule has 1 saturated heterocycles. The fourth-order valence-corrected chi connectivity index (χ4v) is 4.50. The number of nitrogens with zero attached hydrogens (tertiary/aromatic N) is 3.